The summed E-state index contributed by atoms with van der Waals surface area (Å²) in [6.07, 6.45) is 7.17. The molecule has 0 aromatic carbocycles. The third-order valence-corrected chi connectivity index (χ3v) is 3.94. The minimum absolute atomic E-state index is 0.346. The Kier molecular flexibility index (Phi) is 6.32. The molecule has 0 aromatic heterocycles. The predicted octanol–water partition coefficient (Wildman–Crippen LogP) is 1.60. The molecule has 0 aliphatic carbocycles. The molecule has 0 spiro atoms. The molecule has 3 heteroatoms. The van der Waals surface area contributed by atoms with Gasteiger partial charge < -0.3 is 15.7 Å². The zero-order valence-electron chi connectivity index (χ0n) is 10.7. The van der Waals surface area contributed by atoms with Gasteiger partial charge in [0.1, 0.15) is 0 Å². The van der Waals surface area contributed by atoms with Gasteiger partial charge in [0, 0.05) is 6.61 Å². The maximum Gasteiger partial charge on any atom is 0.0431 e. The van der Waals surface area contributed by atoms with E-state index in [4.69, 9.17) is 10.8 Å². The molecule has 0 radical (unpaired) electrons. The summed E-state index contributed by atoms with van der Waals surface area (Å²) in [4.78, 5) is 2.57. The van der Waals surface area contributed by atoms with Gasteiger partial charge in [-0.1, -0.05) is 19.8 Å². The topological polar surface area (TPSA) is 49.5 Å². The van der Waals surface area contributed by atoms with Crippen LogP contribution < -0.4 is 5.73 Å². The lowest BCUT2D eigenvalue weighted by Gasteiger charge is -2.38. The van der Waals surface area contributed by atoms with Crippen LogP contribution in [0.4, 0.5) is 0 Å². The highest BCUT2D eigenvalue weighted by Gasteiger charge is 2.27. The Bertz CT molecular complexity index is 177. The summed E-state index contributed by atoms with van der Waals surface area (Å²) >= 11 is 0. The molecular formula is C13H28N2O. The van der Waals surface area contributed by atoms with E-state index in [-0.39, 0.29) is 0 Å². The molecule has 0 aromatic rings. The van der Waals surface area contributed by atoms with Gasteiger partial charge in [-0.15, -0.1) is 0 Å². The molecule has 1 aliphatic heterocycles. The Balaban J connectivity index is 2.04. The first-order valence-corrected chi connectivity index (χ1v) is 6.73. The number of rotatable bonds is 7. The van der Waals surface area contributed by atoms with Crippen LogP contribution >= 0.6 is 0 Å². The molecule has 3 nitrogen and oxygen atoms in total. The number of nitrogens with zero attached hydrogens (tertiary/aromatic N) is 1. The molecule has 0 bridgehead atoms. The summed E-state index contributed by atoms with van der Waals surface area (Å²) in [7, 11) is 0. The van der Waals surface area contributed by atoms with Gasteiger partial charge in [-0.05, 0) is 57.3 Å². The van der Waals surface area contributed by atoms with Crippen molar-refractivity contribution in [3.8, 4) is 0 Å². The van der Waals surface area contributed by atoms with Crippen LogP contribution in [0.2, 0.25) is 0 Å². The second-order valence-electron chi connectivity index (χ2n) is 5.49. The Morgan fingerprint density at radius 1 is 1.12 bits per heavy atom. The number of hydrogen-bond acceptors (Lipinski definition) is 3. The van der Waals surface area contributed by atoms with E-state index in [2.05, 4.69) is 11.8 Å². The Hall–Kier alpha value is -0.120. The fraction of sp³-hybridized carbons (Fsp3) is 1.00. The number of nitrogens with two attached hydrogens (primary N) is 1. The second-order valence-corrected chi connectivity index (χ2v) is 5.49. The second kappa shape index (κ2) is 7.25. The van der Waals surface area contributed by atoms with E-state index >= 15 is 0 Å². The molecule has 1 rings (SSSR count). The minimum Gasteiger partial charge on any atom is -0.396 e. The molecule has 1 saturated heterocycles. The van der Waals surface area contributed by atoms with Crippen molar-refractivity contribution < 1.29 is 5.11 Å². The summed E-state index contributed by atoms with van der Waals surface area (Å²) in [6.45, 7) is 7.15. The van der Waals surface area contributed by atoms with Crippen molar-refractivity contribution in [3.05, 3.63) is 0 Å². The quantitative estimate of drug-likeness (QED) is 0.651. The van der Waals surface area contributed by atoms with Crippen LogP contribution in [0, 0.1) is 5.41 Å². The van der Waals surface area contributed by atoms with E-state index in [1.165, 1.54) is 51.7 Å². The van der Waals surface area contributed by atoms with Gasteiger partial charge in [0.05, 0.1) is 0 Å². The van der Waals surface area contributed by atoms with E-state index in [1.807, 2.05) is 0 Å². The van der Waals surface area contributed by atoms with E-state index in [9.17, 15) is 0 Å². The van der Waals surface area contributed by atoms with E-state index in [1.54, 1.807) is 0 Å². The van der Waals surface area contributed by atoms with Crippen LogP contribution in [0.5, 0.6) is 0 Å². The highest BCUT2D eigenvalue weighted by molar-refractivity contribution is 4.82. The van der Waals surface area contributed by atoms with Gasteiger partial charge in [-0.3, -0.25) is 0 Å². The summed E-state index contributed by atoms with van der Waals surface area (Å²) in [6, 6.07) is 0. The largest absolute Gasteiger partial charge is 0.396 e. The lowest BCUT2D eigenvalue weighted by atomic mass is 9.80. The maximum absolute atomic E-state index is 8.68. The molecule has 1 aliphatic rings. The monoisotopic (exact) mass is 228 g/mol. The number of likely N-dealkylation sites (tertiary alicyclic amines) is 1. The molecule has 1 fully saturated rings. The maximum atomic E-state index is 8.68. The van der Waals surface area contributed by atoms with Crippen molar-refractivity contribution in [3.63, 3.8) is 0 Å². The number of piperidine rings is 1. The summed E-state index contributed by atoms with van der Waals surface area (Å²) in [5.74, 6) is 0. The zero-order valence-corrected chi connectivity index (χ0v) is 10.7. The molecule has 16 heavy (non-hydrogen) atoms. The first-order valence-electron chi connectivity index (χ1n) is 6.73. The van der Waals surface area contributed by atoms with Crippen molar-refractivity contribution >= 4 is 0 Å². The molecule has 0 atom stereocenters. The smallest absolute Gasteiger partial charge is 0.0431 e. The van der Waals surface area contributed by atoms with Crippen LogP contribution in [0.25, 0.3) is 0 Å². The lowest BCUT2D eigenvalue weighted by molar-refractivity contribution is 0.122. The highest BCUT2D eigenvalue weighted by atomic mass is 16.2. The van der Waals surface area contributed by atoms with E-state index in [0.29, 0.717) is 12.0 Å². The first-order chi connectivity index (χ1) is 7.70. The fourth-order valence-corrected chi connectivity index (χ4v) is 2.32. The van der Waals surface area contributed by atoms with Crippen molar-refractivity contribution in [2.75, 3.05) is 32.8 Å². The van der Waals surface area contributed by atoms with Crippen molar-refractivity contribution in [2.45, 2.75) is 45.4 Å². The number of hydrogen-bond donors (Lipinski definition) is 2. The Morgan fingerprint density at radius 2 is 1.75 bits per heavy atom. The zero-order chi connectivity index (χ0) is 11.9. The number of unbranched alkanes of at least 4 members (excludes halogenated alkanes) is 3. The lowest BCUT2D eigenvalue weighted by Crippen LogP contribution is -2.42. The Labute approximate surface area is 100 Å². The van der Waals surface area contributed by atoms with Gasteiger partial charge in [-0.25, -0.2) is 0 Å². The summed E-state index contributed by atoms with van der Waals surface area (Å²) < 4.78 is 0. The summed E-state index contributed by atoms with van der Waals surface area (Å²) in [5, 5.41) is 8.68. The van der Waals surface area contributed by atoms with Gasteiger partial charge in [0.25, 0.3) is 0 Å². The number of aliphatic hydroxyl groups excluding tert-OH is 1. The number of aliphatic hydroxyl groups is 1. The molecule has 1 heterocycles. The molecule has 0 unspecified atom stereocenters. The van der Waals surface area contributed by atoms with Crippen LogP contribution in [-0.4, -0.2) is 42.8 Å². The third-order valence-electron chi connectivity index (χ3n) is 3.94. The van der Waals surface area contributed by atoms with Crippen molar-refractivity contribution in [1.82, 2.24) is 4.90 Å². The summed E-state index contributed by atoms with van der Waals surface area (Å²) in [5.41, 5.74) is 6.19. The predicted molar refractivity (Wildman–Crippen MR) is 68.4 cm³/mol. The minimum atomic E-state index is 0.346. The molecule has 0 saturated carbocycles. The van der Waals surface area contributed by atoms with Crippen molar-refractivity contribution in [1.29, 1.82) is 0 Å². The van der Waals surface area contributed by atoms with Gasteiger partial charge >= 0.3 is 0 Å². The normalized spacial score (nSPS) is 21.2. The standard InChI is InChI=1S/C13H28N2O/c1-13(12-14)6-9-15(10-7-13)8-4-2-3-5-11-16/h16H,2-12,14H2,1H3. The van der Waals surface area contributed by atoms with Crippen LogP contribution in [0.15, 0.2) is 0 Å². The first kappa shape index (κ1) is 13.9. The van der Waals surface area contributed by atoms with Gasteiger partial charge in [0.2, 0.25) is 0 Å². The van der Waals surface area contributed by atoms with Crippen LogP contribution in [0.3, 0.4) is 0 Å². The van der Waals surface area contributed by atoms with E-state index in [0.717, 1.165) is 13.0 Å². The highest BCUT2D eigenvalue weighted by Crippen LogP contribution is 2.29. The molecule has 96 valence electrons. The van der Waals surface area contributed by atoms with Crippen LogP contribution in [0.1, 0.15) is 45.4 Å². The van der Waals surface area contributed by atoms with Gasteiger partial charge in [-0.2, -0.15) is 0 Å². The van der Waals surface area contributed by atoms with Crippen LogP contribution in [-0.2, 0) is 0 Å². The average Bonchev–Trinajstić information content (AvgIpc) is 2.31. The fourth-order valence-electron chi connectivity index (χ4n) is 2.32. The molecule has 3 N–H and O–H groups in total. The third kappa shape index (κ3) is 4.81. The van der Waals surface area contributed by atoms with Crippen molar-refractivity contribution in [2.24, 2.45) is 11.1 Å². The molecule has 0 amide bonds. The SMILES string of the molecule is CC1(CN)CCN(CCCCCCO)CC1. The molecular weight excluding hydrogens is 200 g/mol. The van der Waals surface area contributed by atoms with Gasteiger partial charge in [0.15, 0.2) is 0 Å². The Morgan fingerprint density at radius 3 is 2.31 bits per heavy atom. The average molecular weight is 228 g/mol. The van der Waals surface area contributed by atoms with E-state index < -0.39 is 0 Å².